The van der Waals surface area contributed by atoms with Gasteiger partial charge in [0.15, 0.2) is 0 Å². The van der Waals surface area contributed by atoms with Gasteiger partial charge in [-0.05, 0) is 18.7 Å². The number of phenols is 1. The summed E-state index contributed by atoms with van der Waals surface area (Å²) in [6, 6.07) is 5.08. The van der Waals surface area contributed by atoms with Crippen molar-refractivity contribution in [3.8, 4) is 5.75 Å². The third-order valence-electron chi connectivity index (χ3n) is 2.34. The van der Waals surface area contributed by atoms with Gasteiger partial charge < -0.3 is 10.2 Å². The van der Waals surface area contributed by atoms with E-state index in [2.05, 4.69) is 0 Å². The minimum atomic E-state index is 0.110. The third-order valence-corrected chi connectivity index (χ3v) is 2.69. The first-order chi connectivity index (χ1) is 7.19. The number of aliphatic hydroxyl groups excluding tert-OH is 1. The fourth-order valence-corrected chi connectivity index (χ4v) is 1.65. The number of nitrogens with zero attached hydrogens (tertiary/aromatic N) is 1. The highest BCUT2D eigenvalue weighted by Crippen LogP contribution is 2.26. The summed E-state index contributed by atoms with van der Waals surface area (Å²) in [5, 5.41) is 19.0. The minimum absolute atomic E-state index is 0.110. The van der Waals surface area contributed by atoms with Crippen molar-refractivity contribution in [2.24, 2.45) is 0 Å². The molecule has 0 amide bonds. The van der Waals surface area contributed by atoms with Crippen LogP contribution in [0.1, 0.15) is 12.5 Å². The average molecular weight is 230 g/mol. The van der Waals surface area contributed by atoms with Crippen molar-refractivity contribution in [3.05, 3.63) is 28.8 Å². The molecule has 84 valence electrons. The number of halogens is 1. The van der Waals surface area contributed by atoms with Gasteiger partial charge in [0.05, 0.1) is 6.61 Å². The van der Waals surface area contributed by atoms with Gasteiger partial charge in [0.2, 0.25) is 0 Å². The Labute approximate surface area is 94.9 Å². The van der Waals surface area contributed by atoms with Crippen molar-refractivity contribution in [3.63, 3.8) is 0 Å². The summed E-state index contributed by atoms with van der Waals surface area (Å²) in [5.74, 6) is 0.207. The van der Waals surface area contributed by atoms with Crippen LogP contribution in [0.3, 0.4) is 0 Å². The molecule has 1 aromatic carbocycles. The molecule has 0 bridgehead atoms. The fraction of sp³-hybridized carbons (Fsp3) is 0.455. The molecular formula is C11H16ClNO2. The van der Waals surface area contributed by atoms with Crippen LogP contribution in [0.5, 0.6) is 5.75 Å². The zero-order valence-electron chi connectivity index (χ0n) is 8.78. The van der Waals surface area contributed by atoms with Gasteiger partial charge in [0.1, 0.15) is 5.75 Å². The number of rotatable bonds is 5. The number of likely N-dealkylation sites (N-methyl/N-ethyl adjacent to an activating group) is 1. The van der Waals surface area contributed by atoms with Gasteiger partial charge >= 0.3 is 0 Å². The number of aromatic hydroxyl groups is 1. The van der Waals surface area contributed by atoms with Crippen LogP contribution in [0.15, 0.2) is 18.2 Å². The molecule has 0 radical (unpaired) electrons. The van der Waals surface area contributed by atoms with E-state index in [9.17, 15) is 5.11 Å². The lowest BCUT2D eigenvalue weighted by Crippen LogP contribution is -2.26. The lowest BCUT2D eigenvalue weighted by atomic mass is 10.2. The second-order valence-corrected chi connectivity index (χ2v) is 3.74. The molecule has 0 spiro atoms. The Morgan fingerprint density at radius 1 is 1.40 bits per heavy atom. The maximum Gasteiger partial charge on any atom is 0.121 e. The average Bonchev–Trinajstić information content (AvgIpc) is 2.22. The number of aliphatic hydroxyl groups is 1. The summed E-state index contributed by atoms with van der Waals surface area (Å²) in [7, 11) is 0. The Hall–Kier alpha value is -0.770. The molecule has 0 aliphatic carbocycles. The lowest BCUT2D eigenvalue weighted by Gasteiger charge is -2.20. The maximum absolute atomic E-state index is 9.63. The summed E-state index contributed by atoms with van der Waals surface area (Å²) < 4.78 is 0. The Morgan fingerprint density at radius 3 is 2.67 bits per heavy atom. The molecule has 0 aromatic heterocycles. The van der Waals surface area contributed by atoms with Crippen LogP contribution >= 0.6 is 11.6 Å². The van der Waals surface area contributed by atoms with Crippen LogP contribution in [0.4, 0.5) is 0 Å². The van der Waals surface area contributed by atoms with Crippen LogP contribution in [-0.4, -0.2) is 34.8 Å². The van der Waals surface area contributed by atoms with Gasteiger partial charge in [-0.15, -0.1) is 0 Å². The summed E-state index contributed by atoms with van der Waals surface area (Å²) in [4.78, 5) is 2.01. The molecule has 0 atom stereocenters. The first-order valence-corrected chi connectivity index (χ1v) is 5.36. The quantitative estimate of drug-likeness (QED) is 0.810. The highest BCUT2D eigenvalue weighted by molar-refractivity contribution is 6.31. The Kier molecular flexibility index (Phi) is 4.88. The van der Waals surface area contributed by atoms with Crippen molar-refractivity contribution >= 4 is 11.6 Å². The molecule has 0 heterocycles. The van der Waals surface area contributed by atoms with Crippen LogP contribution in [0.25, 0.3) is 0 Å². The van der Waals surface area contributed by atoms with Crippen LogP contribution in [0.2, 0.25) is 5.02 Å². The number of hydrogen-bond donors (Lipinski definition) is 2. The van der Waals surface area contributed by atoms with E-state index >= 15 is 0 Å². The van der Waals surface area contributed by atoms with Crippen LogP contribution < -0.4 is 0 Å². The smallest absolute Gasteiger partial charge is 0.121 e. The molecule has 0 unspecified atom stereocenters. The molecule has 15 heavy (non-hydrogen) atoms. The Morgan fingerprint density at radius 2 is 2.13 bits per heavy atom. The topological polar surface area (TPSA) is 43.7 Å². The predicted molar refractivity (Wildman–Crippen MR) is 61.2 cm³/mol. The van der Waals surface area contributed by atoms with Crippen molar-refractivity contribution in [1.82, 2.24) is 4.90 Å². The van der Waals surface area contributed by atoms with Gasteiger partial charge in [-0.2, -0.15) is 0 Å². The first-order valence-electron chi connectivity index (χ1n) is 4.98. The van der Waals surface area contributed by atoms with Gasteiger partial charge in [-0.25, -0.2) is 0 Å². The molecule has 0 fully saturated rings. The highest BCUT2D eigenvalue weighted by Gasteiger charge is 2.10. The second kappa shape index (κ2) is 5.95. The van der Waals surface area contributed by atoms with E-state index in [0.717, 1.165) is 12.1 Å². The van der Waals surface area contributed by atoms with Crippen LogP contribution in [0, 0.1) is 0 Å². The molecule has 0 aliphatic heterocycles. The van der Waals surface area contributed by atoms with Gasteiger partial charge in [-0.1, -0.05) is 24.6 Å². The monoisotopic (exact) mass is 229 g/mol. The molecule has 4 heteroatoms. The fourth-order valence-electron chi connectivity index (χ4n) is 1.42. The van der Waals surface area contributed by atoms with E-state index < -0.39 is 0 Å². The lowest BCUT2D eigenvalue weighted by molar-refractivity contribution is 0.195. The Balaban J connectivity index is 2.78. The molecule has 0 saturated heterocycles. The van der Waals surface area contributed by atoms with Crippen molar-refractivity contribution in [2.75, 3.05) is 19.7 Å². The number of hydrogen-bond acceptors (Lipinski definition) is 3. The molecule has 0 aliphatic rings. The van der Waals surface area contributed by atoms with E-state index in [1.54, 1.807) is 18.2 Å². The van der Waals surface area contributed by atoms with E-state index in [-0.39, 0.29) is 12.4 Å². The first kappa shape index (κ1) is 12.3. The van der Waals surface area contributed by atoms with Crippen molar-refractivity contribution in [2.45, 2.75) is 13.5 Å². The highest BCUT2D eigenvalue weighted by atomic mass is 35.5. The molecule has 3 nitrogen and oxygen atoms in total. The number of benzene rings is 1. The third kappa shape index (κ3) is 3.38. The molecule has 1 rings (SSSR count). The van der Waals surface area contributed by atoms with E-state index in [4.69, 9.17) is 16.7 Å². The van der Waals surface area contributed by atoms with E-state index in [0.29, 0.717) is 18.1 Å². The SMILES string of the molecule is CCN(CCO)Cc1c(O)cccc1Cl. The number of phenolic OH excluding ortho intramolecular Hbond substituents is 1. The molecule has 0 saturated carbocycles. The van der Waals surface area contributed by atoms with E-state index in [1.165, 1.54) is 0 Å². The van der Waals surface area contributed by atoms with Crippen LogP contribution in [-0.2, 0) is 6.54 Å². The van der Waals surface area contributed by atoms with Gasteiger partial charge in [0, 0.05) is 23.7 Å². The van der Waals surface area contributed by atoms with E-state index in [1.807, 2.05) is 11.8 Å². The standard InChI is InChI=1S/C11H16ClNO2/c1-2-13(6-7-14)8-9-10(12)4-3-5-11(9)15/h3-5,14-15H,2,6-8H2,1H3. The summed E-state index contributed by atoms with van der Waals surface area (Å²) in [6.45, 7) is 4.07. The van der Waals surface area contributed by atoms with Gasteiger partial charge in [0.25, 0.3) is 0 Å². The zero-order chi connectivity index (χ0) is 11.3. The maximum atomic E-state index is 9.63. The summed E-state index contributed by atoms with van der Waals surface area (Å²) in [5.41, 5.74) is 0.717. The summed E-state index contributed by atoms with van der Waals surface area (Å²) in [6.07, 6.45) is 0. The molecule has 2 N–H and O–H groups in total. The Bertz CT molecular complexity index is 297. The summed E-state index contributed by atoms with van der Waals surface area (Å²) >= 11 is 5.98. The second-order valence-electron chi connectivity index (χ2n) is 3.33. The normalized spacial score (nSPS) is 10.9. The van der Waals surface area contributed by atoms with Gasteiger partial charge in [-0.3, -0.25) is 4.90 Å². The predicted octanol–water partition coefficient (Wildman–Crippen LogP) is 1.86. The zero-order valence-corrected chi connectivity index (χ0v) is 9.54. The largest absolute Gasteiger partial charge is 0.508 e. The minimum Gasteiger partial charge on any atom is -0.508 e. The van der Waals surface area contributed by atoms with Crippen molar-refractivity contribution < 1.29 is 10.2 Å². The van der Waals surface area contributed by atoms with Crippen molar-refractivity contribution in [1.29, 1.82) is 0 Å². The molecule has 1 aromatic rings. The molecular weight excluding hydrogens is 214 g/mol.